The Morgan fingerprint density at radius 1 is 1.20 bits per heavy atom. The van der Waals surface area contributed by atoms with Gasteiger partial charge in [0.15, 0.2) is 0 Å². The van der Waals surface area contributed by atoms with E-state index in [2.05, 4.69) is 28.4 Å². The van der Waals surface area contributed by atoms with Gasteiger partial charge in [-0.05, 0) is 17.7 Å². The van der Waals surface area contributed by atoms with E-state index >= 15 is 0 Å². The van der Waals surface area contributed by atoms with Crippen LogP contribution >= 0.6 is 0 Å². The normalized spacial score (nSPS) is 10.9. The summed E-state index contributed by atoms with van der Waals surface area (Å²) >= 11 is 0. The highest BCUT2D eigenvalue weighted by molar-refractivity contribution is 5.12. The highest BCUT2D eigenvalue weighted by Crippen LogP contribution is 2.13. The van der Waals surface area contributed by atoms with Crippen molar-refractivity contribution < 1.29 is 0 Å². The molecule has 0 spiro atoms. The summed E-state index contributed by atoms with van der Waals surface area (Å²) in [5.41, 5.74) is 1.25. The van der Waals surface area contributed by atoms with Crippen molar-refractivity contribution in [3.05, 3.63) is 48.3 Å². The molecule has 2 rings (SSSR count). The summed E-state index contributed by atoms with van der Waals surface area (Å²) in [6.45, 7) is 5.19. The number of aromatic nitrogens is 3. The van der Waals surface area contributed by atoms with Gasteiger partial charge in [-0.25, -0.2) is 4.98 Å². The second-order valence-corrected chi connectivity index (χ2v) is 3.92. The SMILES string of the molecule is CC(C)c1nccn1Cc1ccncc1. The van der Waals surface area contributed by atoms with Crippen LogP contribution in [0.1, 0.15) is 31.2 Å². The topological polar surface area (TPSA) is 30.7 Å². The van der Waals surface area contributed by atoms with Crippen molar-refractivity contribution in [1.29, 1.82) is 0 Å². The van der Waals surface area contributed by atoms with Crippen LogP contribution in [0.3, 0.4) is 0 Å². The molecular weight excluding hydrogens is 186 g/mol. The molecule has 0 unspecified atom stereocenters. The molecule has 0 aliphatic carbocycles. The minimum absolute atomic E-state index is 0.460. The fourth-order valence-corrected chi connectivity index (χ4v) is 1.64. The van der Waals surface area contributed by atoms with E-state index in [1.165, 1.54) is 5.56 Å². The molecule has 0 aliphatic heterocycles. The van der Waals surface area contributed by atoms with Gasteiger partial charge >= 0.3 is 0 Å². The molecule has 3 nitrogen and oxygen atoms in total. The van der Waals surface area contributed by atoms with Crippen LogP contribution in [0, 0.1) is 0 Å². The molecule has 0 saturated heterocycles. The van der Waals surface area contributed by atoms with Crippen molar-refractivity contribution in [2.24, 2.45) is 0 Å². The van der Waals surface area contributed by atoms with Gasteiger partial charge in [0, 0.05) is 37.3 Å². The van der Waals surface area contributed by atoms with Crippen LogP contribution in [0.15, 0.2) is 36.9 Å². The Labute approximate surface area is 89.8 Å². The van der Waals surface area contributed by atoms with Gasteiger partial charge in [-0.15, -0.1) is 0 Å². The van der Waals surface area contributed by atoms with E-state index < -0.39 is 0 Å². The van der Waals surface area contributed by atoms with Gasteiger partial charge in [0.1, 0.15) is 5.82 Å². The Kier molecular flexibility index (Phi) is 2.81. The molecule has 3 heteroatoms. The van der Waals surface area contributed by atoms with Crippen molar-refractivity contribution in [3.63, 3.8) is 0 Å². The number of rotatable bonds is 3. The summed E-state index contributed by atoms with van der Waals surface area (Å²) in [7, 11) is 0. The monoisotopic (exact) mass is 201 g/mol. The van der Waals surface area contributed by atoms with Crippen LogP contribution in [-0.4, -0.2) is 14.5 Å². The Balaban J connectivity index is 2.21. The summed E-state index contributed by atoms with van der Waals surface area (Å²) in [6, 6.07) is 4.06. The van der Waals surface area contributed by atoms with Gasteiger partial charge in [0.05, 0.1) is 0 Å². The van der Waals surface area contributed by atoms with Crippen LogP contribution in [0.4, 0.5) is 0 Å². The number of pyridine rings is 1. The maximum Gasteiger partial charge on any atom is 0.111 e. The number of nitrogens with zero attached hydrogens (tertiary/aromatic N) is 3. The lowest BCUT2D eigenvalue weighted by Crippen LogP contribution is -2.05. The van der Waals surface area contributed by atoms with Gasteiger partial charge in [-0.3, -0.25) is 4.98 Å². The Morgan fingerprint density at radius 3 is 2.60 bits per heavy atom. The zero-order valence-corrected chi connectivity index (χ0v) is 9.09. The molecule has 0 N–H and O–H groups in total. The Hall–Kier alpha value is -1.64. The fourth-order valence-electron chi connectivity index (χ4n) is 1.64. The molecule has 0 aromatic carbocycles. The first kappa shape index (κ1) is 9.90. The predicted molar refractivity (Wildman–Crippen MR) is 59.7 cm³/mol. The van der Waals surface area contributed by atoms with Crippen molar-refractivity contribution in [3.8, 4) is 0 Å². The largest absolute Gasteiger partial charge is 0.330 e. The molecule has 0 atom stereocenters. The van der Waals surface area contributed by atoms with Gasteiger partial charge in [0.25, 0.3) is 0 Å². The van der Waals surface area contributed by atoms with E-state index in [1.807, 2.05) is 36.9 Å². The maximum atomic E-state index is 4.36. The zero-order chi connectivity index (χ0) is 10.7. The Bertz CT molecular complexity index is 417. The first-order valence-corrected chi connectivity index (χ1v) is 5.17. The highest BCUT2D eigenvalue weighted by Gasteiger charge is 2.06. The molecule has 2 aromatic heterocycles. The minimum Gasteiger partial charge on any atom is -0.330 e. The second-order valence-electron chi connectivity index (χ2n) is 3.92. The fraction of sp³-hybridized carbons (Fsp3) is 0.333. The van der Waals surface area contributed by atoms with E-state index in [1.54, 1.807) is 0 Å². The third kappa shape index (κ3) is 2.24. The van der Waals surface area contributed by atoms with Crippen molar-refractivity contribution in [2.75, 3.05) is 0 Å². The van der Waals surface area contributed by atoms with Crippen molar-refractivity contribution >= 4 is 0 Å². The third-order valence-electron chi connectivity index (χ3n) is 2.37. The predicted octanol–water partition coefficient (Wildman–Crippen LogP) is 2.45. The molecule has 0 radical (unpaired) electrons. The van der Waals surface area contributed by atoms with E-state index in [4.69, 9.17) is 0 Å². The third-order valence-corrected chi connectivity index (χ3v) is 2.37. The Morgan fingerprint density at radius 2 is 1.93 bits per heavy atom. The molecule has 0 amide bonds. The highest BCUT2D eigenvalue weighted by atomic mass is 15.1. The minimum atomic E-state index is 0.460. The van der Waals surface area contributed by atoms with E-state index in [0.717, 1.165) is 12.4 Å². The molecule has 0 aliphatic rings. The second kappa shape index (κ2) is 4.26. The number of hydrogen-bond donors (Lipinski definition) is 0. The molecule has 2 heterocycles. The number of hydrogen-bond acceptors (Lipinski definition) is 2. The average molecular weight is 201 g/mol. The average Bonchev–Trinajstić information content (AvgIpc) is 2.67. The summed E-state index contributed by atoms with van der Waals surface area (Å²) in [5, 5.41) is 0. The van der Waals surface area contributed by atoms with Crippen LogP contribution < -0.4 is 0 Å². The van der Waals surface area contributed by atoms with E-state index in [9.17, 15) is 0 Å². The number of imidazole rings is 1. The van der Waals surface area contributed by atoms with Crippen LogP contribution in [0.25, 0.3) is 0 Å². The summed E-state index contributed by atoms with van der Waals surface area (Å²) < 4.78 is 2.18. The summed E-state index contributed by atoms with van der Waals surface area (Å²) in [6.07, 6.45) is 7.52. The summed E-state index contributed by atoms with van der Waals surface area (Å²) in [5.74, 6) is 1.59. The molecule has 2 aromatic rings. The molecule has 15 heavy (non-hydrogen) atoms. The lowest BCUT2D eigenvalue weighted by atomic mass is 10.2. The lowest BCUT2D eigenvalue weighted by molar-refractivity contribution is 0.669. The first-order chi connectivity index (χ1) is 7.27. The molecule has 0 saturated carbocycles. The zero-order valence-electron chi connectivity index (χ0n) is 9.09. The molecule has 0 fully saturated rings. The van der Waals surface area contributed by atoms with Gasteiger partial charge in [-0.1, -0.05) is 13.8 Å². The van der Waals surface area contributed by atoms with Gasteiger partial charge in [-0.2, -0.15) is 0 Å². The smallest absolute Gasteiger partial charge is 0.111 e. The summed E-state index contributed by atoms with van der Waals surface area (Å²) in [4.78, 5) is 8.37. The maximum absolute atomic E-state index is 4.36. The molecular formula is C12H15N3. The van der Waals surface area contributed by atoms with Crippen LogP contribution in [0.2, 0.25) is 0 Å². The van der Waals surface area contributed by atoms with Gasteiger partial charge < -0.3 is 4.57 Å². The van der Waals surface area contributed by atoms with Crippen LogP contribution in [0.5, 0.6) is 0 Å². The standard InChI is InChI=1S/C12H15N3/c1-10(2)12-14-7-8-15(12)9-11-3-5-13-6-4-11/h3-8,10H,9H2,1-2H3. The van der Waals surface area contributed by atoms with Crippen molar-refractivity contribution in [1.82, 2.24) is 14.5 Å². The molecule has 0 bridgehead atoms. The van der Waals surface area contributed by atoms with Crippen LogP contribution in [-0.2, 0) is 6.54 Å². The van der Waals surface area contributed by atoms with E-state index in [0.29, 0.717) is 5.92 Å². The van der Waals surface area contributed by atoms with Gasteiger partial charge in [0.2, 0.25) is 0 Å². The van der Waals surface area contributed by atoms with Crippen molar-refractivity contribution in [2.45, 2.75) is 26.3 Å². The molecule has 78 valence electrons. The quantitative estimate of drug-likeness (QED) is 0.763. The first-order valence-electron chi connectivity index (χ1n) is 5.17. The lowest BCUT2D eigenvalue weighted by Gasteiger charge is -2.09. The van der Waals surface area contributed by atoms with E-state index in [-0.39, 0.29) is 0 Å².